The lowest BCUT2D eigenvalue weighted by Gasteiger charge is -2.44. The number of pyridine rings is 2. The Kier molecular flexibility index (Phi) is 2.78. The van der Waals surface area contributed by atoms with Crippen molar-refractivity contribution in [3.05, 3.63) is 113 Å². The standard InChI is InChI=1S/C32H21N3O2/c1-31(2)18-8-3-4-9-20(18)33-23-11-5-12-24-28(23)32-29-25(36-24)13-7-14-26(29)37-27-15-6-10-21(34(27)32)22-17-16-19(31)30(33)35(22)32/h3-17H,1-2H3/q+2. The summed E-state index contributed by atoms with van der Waals surface area (Å²) in [4.78, 5) is 2.46. The van der Waals surface area contributed by atoms with Crippen molar-refractivity contribution >= 4 is 17.2 Å². The van der Waals surface area contributed by atoms with Crippen molar-refractivity contribution < 1.29 is 18.6 Å². The molecule has 5 heteroatoms. The second-order valence-electron chi connectivity index (χ2n) is 11.0. The predicted molar refractivity (Wildman–Crippen MR) is 137 cm³/mol. The Hall–Kier alpha value is -4.64. The number of para-hydroxylation sites is 1. The first kappa shape index (κ1) is 18.6. The highest BCUT2D eigenvalue weighted by Gasteiger charge is 2.73. The summed E-state index contributed by atoms with van der Waals surface area (Å²) >= 11 is 0. The van der Waals surface area contributed by atoms with Gasteiger partial charge < -0.3 is 9.47 Å². The van der Waals surface area contributed by atoms with Crippen molar-refractivity contribution in [2.75, 3.05) is 4.90 Å². The lowest BCUT2D eigenvalue weighted by atomic mass is 9.72. The molecule has 3 aromatic carbocycles. The maximum absolute atomic E-state index is 6.65. The Bertz CT molecular complexity index is 1930. The fourth-order valence-electron chi connectivity index (χ4n) is 7.65. The second kappa shape index (κ2) is 5.52. The highest BCUT2D eigenvalue weighted by atomic mass is 16.5. The van der Waals surface area contributed by atoms with E-state index in [2.05, 4.69) is 113 Å². The van der Waals surface area contributed by atoms with Gasteiger partial charge in [0.05, 0.1) is 11.6 Å². The third kappa shape index (κ3) is 1.72. The van der Waals surface area contributed by atoms with Gasteiger partial charge in [-0.05, 0) is 48.5 Å². The summed E-state index contributed by atoms with van der Waals surface area (Å²) in [5, 5.41) is 0. The zero-order chi connectivity index (χ0) is 24.3. The van der Waals surface area contributed by atoms with E-state index in [0.717, 1.165) is 45.6 Å². The van der Waals surface area contributed by atoms with Gasteiger partial charge in [0.25, 0.3) is 11.5 Å². The van der Waals surface area contributed by atoms with E-state index in [4.69, 9.17) is 9.47 Å². The highest BCUT2D eigenvalue weighted by Crippen LogP contribution is 2.63. The van der Waals surface area contributed by atoms with Gasteiger partial charge in [-0.2, -0.15) is 4.90 Å². The molecule has 1 atom stereocenters. The molecule has 5 aromatic rings. The van der Waals surface area contributed by atoms with Crippen molar-refractivity contribution in [3.63, 3.8) is 0 Å². The highest BCUT2D eigenvalue weighted by molar-refractivity contribution is 5.88. The smallest absolute Gasteiger partial charge is 0.381 e. The number of ether oxygens (including phenoxy) is 2. The Labute approximate surface area is 213 Å². The molecule has 0 radical (unpaired) electrons. The minimum atomic E-state index is -0.639. The Morgan fingerprint density at radius 1 is 0.595 bits per heavy atom. The fraction of sp³-hybridized carbons (Fsp3) is 0.125. The molecule has 0 saturated heterocycles. The summed E-state index contributed by atoms with van der Waals surface area (Å²) in [6.45, 7) is 4.69. The van der Waals surface area contributed by atoms with Crippen molar-refractivity contribution in [1.82, 2.24) is 0 Å². The quantitative estimate of drug-likeness (QED) is 0.244. The molecule has 5 aliphatic rings. The van der Waals surface area contributed by atoms with Crippen LogP contribution in [0.4, 0.5) is 17.2 Å². The van der Waals surface area contributed by atoms with Crippen LogP contribution in [-0.2, 0) is 11.1 Å². The molecule has 37 heavy (non-hydrogen) atoms. The van der Waals surface area contributed by atoms with E-state index in [1.54, 1.807) is 0 Å². The van der Waals surface area contributed by atoms with E-state index in [0.29, 0.717) is 0 Å². The van der Waals surface area contributed by atoms with E-state index >= 15 is 0 Å². The third-order valence-electron chi connectivity index (χ3n) is 9.03. The maximum atomic E-state index is 6.65. The lowest BCUT2D eigenvalue weighted by molar-refractivity contribution is -0.937. The number of nitrogens with zero attached hydrogens (tertiary/aromatic N) is 3. The minimum absolute atomic E-state index is 0.169. The molecule has 10 rings (SSSR count). The van der Waals surface area contributed by atoms with E-state index < -0.39 is 5.66 Å². The lowest BCUT2D eigenvalue weighted by Crippen LogP contribution is -2.75. The van der Waals surface area contributed by atoms with Crippen LogP contribution in [0.3, 0.4) is 0 Å². The molecule has 174 valence electrons. The SMILES string of the molecule is CC1(C)c2ccccc2N2c3cccc4c3C35c6c(cccc6Oc6cccc([n+]63)-c3ccc1c2[n+]35)O4. The first-order valence-corrected chi connectivity index (χ1v) is 12.8. The van der Waals surface area contributed by atoms with Gasteiger partial charge >= 0.3 is 11.5 Å². The van der Waals surface area contributed by atoms with Gasteiger partial charge in [-0.3, -0.25) is 0 Å². The molecule has 1 unspecified atom stereocenters. The van der Waals surface area contributed by atoms with Crippen molar-refractivity contribution in [2.45, 2.75) is 24.9 Å². The fourth-order valence-corrected chi connectivity index (χ4v) is 7.65. The number of anilines is 3. The van der Waals surface area contributed by atoms with E-state index in [1.807, 2.05) is 6.07 Å². The molecule has 0 bridgehead atoms. The number of aromatic nitrogens is 2. The summed E-state index contributed by atoms with van der Waals surface area (Å²) in [5.41, 5.74) is 8.73. The zero-order valence-corrected chi connectivity index (χ0v) is 20.3. The van der Waals surface area contributed by atoms with Gasteiger partial charge in [0.1, 0.15) is 17.2 Å². The van der Waals surface area contributed by atoms with Crippen molar-refractivity contribution in [2.24, 2.45) is 0 Å². The van der Waals surface area contributed by atoms with E-state index in [-0.39, 0.29) is 5.41 Å². The summed E-state index contributed by atoms with van der Waals surface area (Å²) in [6, 6.07) is 32.5. The van der Waals surface area contributed by atoms with Crippen LogP contribution < -0.4 is 23.5 Å². The molecule has 5 aliphatic heterocycles. The van der Waals surface area contributed by atoms with Crippen LogP contribution in [0.2, 0.25) is 0 Å². The van der Waals surface area contributed by atoms with Gasteiger partial charge in [0.15, 0.2) is 22.6 Å². The zero-order valence-electron chi connectivity index (χ0n) is 20.3. The maximum Gasteiger partial charge on any atom is 0.381 e. The van der Waals surface area contributed by atoms with E-state index in [9.17, 15) is 0 Å². The molecule has 5 nitrogen and oxygen atoms in total. The normalized spacial score (nSPS) is 20.3. The molecule has 0 amide bonds. The molecule has 2 aromatic heterocycles. The summed E-state index contributed by atoms with van der Waals surface area (Å²) in [7, 11) is 0. The average molecular weight is 480 g/mol. The van der Waals surface area contributed by atoms with Crippen LogP contribution in [0.25, 0.3) is 11.4 Å². The molecule has 0 N–H and O–H groups in total. The largest absolute Gasteiger partial charge is 0.455 e. The van der Waals surface area contributed by atoms with Gasteiger partial charge in [0, 0.05) is 17.0 Å². The Balaban J connectivity index is 1.51. The molecule has 0 fully saturated rings. The molecule has 1 spiro atoms. The van der Waals surface area contributed by atoms with Crippen LogP contribution in [0.5, 0.6) is 23.1 Å². The predicted octanol–water partition coefficient (Wildman–Crippen LogP) is 6.17. The molecular weight excluding hydrogens is 458 g/mol. The van der Waals surface area contributed by atoms with Crippen LogP contribution in [0.15, 0.2) is 91.0 Å². The topological polar surface area (TPSA) is 29.5 Å². The minimum Gasteiger partial charge on any atom is -0.455 e. The Morgan fingerprint density at radius 2 is 1.30 bits per heavy atom. The van der Waals surface area contributed by atoms with Gasteiger partial charge in [-0.25, -0.2) is 0 Å². The number of rotatable bonds is 0. The monoisotopic (exact) mass is 479 g/mol. The van der Waals surface area contributed by atoms with Crippen LogP contribution in [-0.4, -0.2) is 0 Å². The van der Waals surface area contributed by atoms with Gasteiger partial charge in [-0.15, -0.1) is 9.13 Å². The van der Waals surface area contributed by atoms with Crippen LogP contribution in [0.1, 0.15) is 36.1 Å². The number of fused-ring (bicyclic) bond motifs is 4. The Morgan fingerprint density at radius 3 is 2.19 bits per heavy atom. The summed E-state index contributed by atoms with van der Waals surface area (Å²) in [6.07, 6.45) is 0. The molecular formula is C32H21N3O2+2. The first-order chi connectivity index (χ1) is 18.1. The van der Waals surface area contributed by atoms with Crippen molar-refractivity contribution in [1.29, 1.82) is 0 Å². The van der Waals surface area contributed by atoms with Gasteiger partial charge in [0.2, 0.25) is 5.69 Å². The third-order valence-corrected chi connectivity index (χ3v) is 9.03. The molecule has 0 saturated carbocycles. The van der Waals surface area contributed by atoms with Crippen LogP contribution in [0, 0.1) is 0 Å². The van der Waals surface area contributed by atoms with Crippen LogP contribution >= 0.6 is 0 Å². The first-order valence-electron chi connectivity index (χ1n) is 12.8. The molecule has 7 heterocycles. The number of hydrogen-bond acceptors (Lipinski definition) is 3. The number of hydrogen-bond donors (Lipinski definition) is 0. The van der Waals surface area contributed by atoms with E-state index in [1.165, 1.54) is 28.3 Å². The second-order valence-corrected chi connectivity index (χ2v) is 11.0. The molecule has 0 aliphatic carbocycles. The number of benzene rings is 3. The summed E-state index contributed by atoms with van der Waals surface area (Å²) in [5.74, 6) is 4.63. The average Bonchev–Trinajstić information content (AvgIpc) is 3.22. The van der Waals surface area contributed by atoms with Gasteiger partial charge in [-0.1, -0.05) is 44.2 Å². The van der Waals surface area contributed by atoms with Crippen molar-refractivity contribution in [3.8, 4) is 34.5 Å². The summed E-state index contributed by atoms with van der Waals surface area (Å²) < 4.78 is 18.2.